The summed E-state index contributed by atoms with van der Waals surface area (Å²) in [6.07, 6.45) is 2.89. The lowest BCUT2D eigenvalue weighted by molar-refractivity contribution is -0.127. The predicted octanol–water partition coefficient (Wildman–Crippen LogP) is 3.71. The summed E-state index contributed by atoms with van der Waals surface area (Å²) in [5, 5.41) is 3.24. The molecule has 2 unspecified atom stereocenters. The van der Waals surface area contributed by atoms with Crippen LogP contribution in [0.4, 0.5) is 10.7 Å². The molecule has 1 aromatic carbocycles. The van der Waals surface area contributed by atoms with Gasteiger partial charge in [-0.15, -0.1) is 11.3 Å². The van der Waals surface area contributed by atoms with E-state index in [0.717, 1.165) is 29.7 Å². The predicted molar refractivity (Wildman–Crippen MR) is 131 cm³/mol. The van der Waals surface area contributed by atoms with Gasteiger partial charge in [0, 0.05) is 16.9 Å². The molecule has 2 aliphatic rings. The zero-order chi connectivity index (χ0) is 24.6. The smallest absolute Gasteiger partial charge is 0.268 e. The van der Waals surface area contributed by atoms with Gasteiger partial charge in [0.25, 0.3) is 11.8 Å². The molecule has 3 amide bonds. The van der Waals surface area contributed by atoms with Gasteiger partial charge in [-0.25, -0.2) is 0 Å². The average Bonchev–Trinajstić information content (AvgIpc) is 3.13. The standard InChI is InChI=1S/C25H29N3O5S/c1-4-5-18(29)15-7-9-19-17(11-15)28(25(32)14(3)33-19)12-21(30)27-24-22(23(26)31)16-8-6-13(2)10-20(16)34-24/h7,9,11,13-14H,4-6,8,10,12H2,1-3H3,(H2,26,31)(H,27,30). The van der Waals surface area contributed by atoms with E-state index in [1.54, 1.807) is 25.1 Å². The molecule has 1 aliphatic carbocycles. The number of carbonyl (C=O) groups is 4. The summed E-state index contributed by atoms with van der Waals surface area (Å²) >= 11 is 1.38. The number of hydrogen-bond acceptors (Lipinski definition) is 6. The second-order valence-corrected chi connectivity index (χ2v) is 10.1. The highest BCUT2D eigenvalue weighted by atomic mass is 32.1. The molecule has 0 saturated carbocycles. The fourth-order valence-electron chi connectivity index (χ4n) is 4.52. The first-order chi connectivity index (χ1) is 16.2. The Labute approximate surface area is 202 Å². The molecule has 34 heavy (non-hydrogen) atoms. The van der Waals surface area contributed by atoms with Crippen LogP contribution in [0.25, 0.3) is 0 Å². The number of benzene rings is 1. The van der Waals surface area contributed by atoms with Crippen molar-refractivity contribution in [3.05, 3.63) is 39.8 Å². The van der Waals surface area contributed by atoms with Crippen LogP contribution in [-0.2, 0) is 22.4 Å². The number of primary amides is 1. The number of nitrogens with zero attached hydrogens (tertiary/aromatic N) is 1. The van der Waals surface area contributed by atoms with Crippen LogP contribution >= 0.6 is 11.3 Å². The first kappa shape index (κ1) is 23.9. The molecule has 1 aliphatic heterocycles. The minimum Gasteiger partial charge on any atom is -0.479 e. The third kappa shape index (κ3) is 4.57. The Morgan fingerprint density at radius 2 is 2.03 bits per heavy atom. The number of nitrogens with one attached hydrogen (secondary N) is 1. The van der Waals surface area contributed by atoms with Crippen molar-refractivity contribution in [3.63, 3.8) is 0 Å². The molecule has 2 heterocycles. The Kier molecular flexibility index (Phi) is 6.74. The topological polar surface area (TPSA) is 119 Å². The van der Waals surface area contributed by atoms with Crippen molar-refractivity contribution in [1.82, 2.24) is 0 Å². The summed E-state index contributed by atoms with van der Waals surface area (Å²) in [5.74, 6) is -0.492. The highest BCUT2D eigenvalue weighted by Gasteiger charge is 2.34. The lowest BCUT2D eigenvalue weighted by Gasteiger charge is -2.32. The van der Waals surface area contributed by atoms with E-state index in [4.69, 9.17) is 10.5 Å². The molecule has 0 spiro atoms. The second kappa shape index (κ2) is 9.58. The van der Waals surface area contributed by atoms with E-state index in [9.17, 15) is 19.2 Å². The summed E-state index contributed by atoms with van der Waals surface area (Å²) in [6, 6.07) is 4.93. The molecule has 0 saturated heterocycles. The number of ether oxygens (including phenoxy) is 1. The molecule has 1 aromatic heterocycles. The zero-order valence-electron chi connectivity index (χ0n) is 19.6. The van der Waals surface area contributed by atoms with Crippen LogP contribution in [0.2, 0.25) is 0 Å². The molecule has 9 heteroatoms. The Bertz CT molecular complexity index is 1170. The summed E-state index contributed by atoms with van der Waals surface area (Å²) in [7, 11) is 0. The van der Waals surface area contributed by atoms with Crippen LogP contribution < -0.4 is 20.7 Å². The maximum absolute atomic E-state index is 13.1. The number of Topliss-reactive ketones (excluding diaryl/α,β-unsaturated/α-hetero) is 1. The SMILES string of the molecule is CCCC(=O)c1ccc2c(c1)N(CC(=O)Nc1sc3c(c1C(N)=O)CCC(C)C3)C(=O)C(C)O2. The third-order valence-electron chi connectivity index (χ3n) is 6.28. The van der Waals surface area contributed by atoms with Gasteiger partial charge in [-0.2, -0.15) is 0 Å². The van der Waals surface area contributed by atoms with E-state index in [1.165, 1.54) is 16.2 Å². The first-order valence-electron chi connectivity index (χ1n) is 11.6. The van der Waals surface area contributed by atoms with Gasteiger partial charge in [0.15, 0.2) is 11.9 Å². The quantitative estimate of drug-likeness (QED) is 0.582. The fraction of sp³-hybridized carbons (Fsp3) is 0.440. The van der Waals surface area contributed by atoms with Crippen LogP contribution in [0.5, 0.6) is 5.75 Å². The van der Waals surface area contributed by atoms with Crippen molar-refractivity contribution < 1.29 is 23.9 Å². The lowest BCUT2D eigenvalue weighted by atomic mass is 9.88. The van der Waals surface area contributed by atoms with Gasteiger partial charge in [0.1, 0.15) is 17.3 Å². The van der Waals surface area contributed by atoms with Crippen LogP contribution in [0.1, 0.15) is 71.2 Å². The number of ketones is 1. The fourth-order valence-corrected chi connectivity index (χ4v) is 5.96. The normalized spacial score (nSPS) is 19.1. The van der Waals surface area contributed by atoms with E-state index >= 15 is 0 Å². The molecular weight excluding hydrogens is 454 g/mol. The summed E-state index contributed by atoms with van der Waals surface area (Å²) in [5.41, 5.74) is 7.80. The molecule has 0 bridgehead atoms. The van der Waals surface area contributed by atoms with E-state index in [-0.39, 0.29) is 18.2 Å². The van der Waals surface area contributed by atoms with Crippen molar-refractivity contribution >= 4 is 45.5 Å². The van der Waals surface area contributed by atoms with Crippen molar-refractivity contribution in [2.45, 2.75) is 59.0 Å². The van der Waals surface area contributed by atoms with Crippen LogP contribution in [-0.4, -0.2) is 36.2 Å². The molecule has 2 atom stereocenters. The Hall–Kier alpha value is -3.20. The summed E-state index contributed by atoms with van der Waals surface area (Å²) < 4.78 is 5.69. The maximum Gasteiger partial charge on any atom is 0.268 e. The van der Waals surface area contributed by atoms with Gasteiger partial charge in [-0.3, -0.25) is 24.1 Å². The second-order valence-electron chi connectivity index (χ2n) is 9.01. The van der Waals surface area contributed by atoms with Gasteiger partial charge in [-0.05, 0) is 62.3 Å². The number of amides is 3. The minimum atomic E-state index is -0.769. The number of carbonyl (C=O) groups excluding carboxylic acids is 4. The number of fused-ring (bicyclic) bond motifs is 2. The molecule has 2 aromatic rings. The van der Waals surface area contributed by atoms with Gasteiger partial charge >= 0.3 is 0 Å². The van der Waals surface area contributed by atoms with Gasteiger partial charge < -0.3 is 15.8 Å². The Balaban J connectivity index is 1.60. The van der Waals surface area contributed by atoms with Gasteiger partial charge in [0.2, 0.25) is 5.91 Å². The number of hydrogen-bond donors (Lipinski definition) is 2. The van der Waals surface area contributed by atoms with E-state index in [0.29, 0.717) is 46.3 Å². The van der Waals surface area contributed by atoms with Crippen molar-refractivity contribution in [2.75, 3.05) is 16.8 Å². The summed E-state index contributed by atoms with van der Waals surface area (Å²) in [4.78, 5) is 53.0. The van der Waals surface area contributed by atoms with Gasteiger partial charge in [-0.1, -0.05) is 13.8 Å². The van der Waals surface area contributed by atoms with E-state index < -0.39 is 17.9 Å². The molecule has 3 N–H and O–H groups in total. The third-order valence-corrected chi connectivity index (χ3v) is 7.45. The summed E-state index contributed by atoms with van der Waals surface area (Å²) in [6.45, 7) is 5.42. The van der Waals surface area contributed by atoms with E-state index in [1.807, 2.05) is 6.92 Å². The largest absolute Gasteiger partial charge is 0.479 e. The highest BCUT2D eigenvalue weighted by molar-refractivity contribution is 7.17. The molecule has 180 valence electrons. The maximum atomic E-state index is 13.1. The molecule has 0 radical (unpaired) electrons. The van der Waals surface area contributed by atoms with E-state index in [2.05, 4.69) is 12.2 Å². The number of anilines is 2. The van der Waals surface area contributed by atoms with Crippen LogP contribution in [0.15, 0.2) is 18.2 Å². The minimum absolute atomic E-state index is 0.0368. The number of thiophene rings is 1. The number of nitrogens with two attached hydrogens (primary N) is 1. The van der Waals surface area contributed by atoms with Crippen molar-refractivity contribution in [2.24, 2.45) is 11.7 Å². The first-order valence-corrected chi connectivity index (χ1v) is 12.4. The molecule has 4 rings (SSSR count). The average molecular weight is 484 g/mol. The highest BCUT2D eigenvalue weighted by Crippen LogP contribution is 2.40. The lowest BCUT2D eigenvalue weighted by Crippen LogP contribution is -2.47. The molecule has 0 fully saturated rings. The zero-order valence-corrected chi connectivity index (χ0v) is 20.4. The van der Waals surface area contributed by atoms with Gasteiger partial charge in [0.05, 0.1) is 11.3 Å². The van der Waals surface area contributed by atoms with Crippen LogP contribution in [0.3, 0.4) is 0 Å². The Morgan fingerprint density at radius 1 is 1.26 bits per heavy atom. The number of rotatable bonds is 7. The van der Waals surface area contributed by atoms with Crippen LogP contribution in [0, 0.1) is 5.92 Å². The van der Waals surface area contributed by atoms with Crippen molar-refractivity contribution in [1.29, 1.82) is 0 Å². The van der Waals surface area contributed by atoms with Crippen molar-refractivity contribution in [3.8, 4) is 5.75 Å². The molecule has 8 nitrogen and oxygen atoms in total. The monoisotopic (exact) mass is 483 g/mol. The molecular formula is C25H29N3O5S. The Morgan fingerprint density at radius 3 is 2.74 bits per heavy atom.